The van der Waals surface area contributed by atoms with Crippen molar-refractivity contribution in [3.8, 4) is 11.5 Å². The van der Waals surface area contributed by atoms with Crippen LogP contribution in [0, 0.1) is 0 Å². The molecule has 32 heavy (non-hydrogen) atoms. The average Bonchev–Trinajstić information content (AvgIpc) is 3.19. The number of nitrogens with zero attached hydrogens (tertiary/aromatic N) is 1. The second-order valence-corrected chi connectivity index (χ2v) is 8.96. The third-order valence-electron chi connectivity index (χ3n) is 4.98. The molecule has 3 aromatic carbocycles. The highest BCUT2D eigenvalue weighted by atomic mass is 79.9. The number of hydrogen-bond acceptors (Lipinski definition) is 4. The van der Waals surface area contributed by atoms with Gasteiger partial charge in [-0.1, -0.05) is 41.4 Å². The Hall–Kier alpha value is -2.25. The average molecular weight is 535 g/mol. The van der Waals surface area contributed by atoms with Crippen LogP contribution in [0.5, 0.6) is 11.5 Å². The Kier molecular flexibility index (Phi) is 7.58. The van der Waals surface area contributed by atoms with E-state index in [1.165, 1.54) is 0 Å². The number of hydrogen-bond donors (Lipinski definition) is 2. The normalized spacial score (nSPS) is 11.1. The summed E-state index contributed by atoms with van der Waals surface area (Å²) in [6, 6.07) is 17.4. The number of fused-ring (bicyclic) bond motifs is 1. The minimum absolute atomic E-state index is 0.306. The minimum atomic E-state index is 0.306. The lowest BCUT2D eigenvalue weighted by molar-refractivity contribution is 0.282. The van der Waals surface area contributed by atoms with Crippen molar-refractivity contribution in [2.24, 2.45) is 0 Å². The first-order valence-corrected chi connectivity index (χ1v) is 11.7. The number of halogens is 3. The molecule has 0 saturated carbocycles. The van der Waals surface area contributed by atoms with Gasteiger partial charge >= 0.3 is 0 Å². The molecule has 4 rings (SSSR count). The van der Waals surface area contributed by atoms with Crippen molar-refractivity contribution in [2.45, 2.75) is 19.6 Å². The molecule has 1 aromatic heterocycles. The van der Waals surface area contributed by atoms with Crippen molar-refractivity contribution in [3.63, 3.8) is 0 Å². The van der Waals surface area contributed by atoms with Crippen molar-refractivity contribution >= 4 is 50.2 Å². The Bertz CT molecular complexity index is 1200. The van der Waals surface area contributed by atoms with Crippen molar-refractivity contribution < 1.29 is 9.47 Å². The van der Waals surface area contributed by atoms with Crippen molar-refractivity contribution in [1.29, 1.82) is 0 Å². The van der Waals surface area contributed by atoms with Gasteiger partial charge in [-0.05, 0) is 57.9 Å². The highest BCUT2D eigenvalue weighted by molar-refractivity contribution is 9.10. The van der Waals surface area contributed by atoms with Crippen LogP contribution in [0.25, 0.3) is 11.0 Å². The van der Waals surface area contributed by atoms with Crippen LogP contribution in [0.2, 0.25) is 10.0 Å². The van der Waals surface area contributed by atoms with Gasteiger partial charge in [-0.25, -0.2) is 4.98 Å². The van der Waals surface area contributed by atoms with Gasteiger partial charge in [-0.15, -0.1) is 0 Å². The number of aromatic nitrogens is 2. The molecule has 0 atom stereocenters. The van der Waals surface area contributed by atoms with Gasteiger partial charge < -0.3 is 19.8 Å². The fourth-order valence-corrected chi connectivity index (χ4v) is 4.43. The lowest BCUT2D eigenvalue weighted by atomic mass is 10.2. The zero-order chi connectivity index (χ0) is 22.5. The van der Waals surface area contributed by atoms with Crippen LogP contribution in [0.3, 0.4) is 0 Å². The van der Waals surface area contributed by atoms with E-state index in [2.05, 4.69) is 31.2 Å². The number of methoxy groups -OCH3 is 1. The molecule has 0 saturated heterocycles. The Morgan fingerprint density at radius 2 is 1.94 bits per heavy atom. The maximum atomic E-state index is 6.25. The first kappa shape index (κ1) is 22.9. The van der Waals surface area contributed by atoms with E-state index in [1.807, 2.05) is 42.5 Å². The molecule has 1 heterocycles. The quantitative estimate of drug-likeness (QED) is 0.239. The minimum Gasteiger partial charge on any atom is -0.493 e. The van der Waals surface area contributed by atoms with Crippen LogP contribution >= 0.6 is 39.1 Å². The number of H-pyrrole nitrogens is 1. The van der Waals surface area contributed by atoms with Crippen LogP contribution in [0.15, 0.2) is 59.1 Å². The van der Waals surface area contributed by atoms with Gasteiger partial charge in [-0.2, -0.15) is 0 Å². The number of para-hydroxylation sites is 2. The molecule has 0 fully saturated rings. The summed E-state index contributed by atoms with van der Waals surface area (Å²) < 4.78 is 12.4. The summed E-state index contributed by atoms with van der Waals surface area (Å²) in [5.41, 5.74) is 3.98. The van der Waals surface area contributed by atoms with Crippen molar-refractivity contribution in [3.05, 3.63) is 86.1 Å². The molecule has 0 radical (unpaired) electrons. The standard InChI is InChI=1S/C24H22BrCl2N3O2/c1-31-22-11-15(13-28-9-8-23-29-20-4-2-3-5-21(20)30-23)10-18(25)24(22)32-14-16-6-7-17(26)12-19(16)27/h2-7,10-12,28H,8-9,13-14H2,1H3,(H,29,30). The summed E-state index contributed by atoms with van der Waals surface area (Å²) in [5.74, 6) is 2.25. The molecule has 0 spiro atoms. The zero-order valence-electron chi connectivity index (χ0n) is 17.4. The Balaban J connectivity index is 1.35. The van der Waals surface area contributed by atoms with Gasteiger partial charge in [0.1, 0.15) is 12.4 Å². The van der Waals surface area contributed by atoms with E-state index in [0.717, 1.165) is 45.4 Å². The Morgan fingerprint density at radius 1 is 1.09 bits per heavy atom. The molecular weight excluding hydrogens is 513 g/mol. The van der Waals surface area contributed by atoms with E-state index in [0.29, 0.717) is 34.7 Å². The van der Waals surface area contributed by atoms with Gasteiger partial charge in [0, 0.05) is 35.1 Å². The van der Waals surface area contributed by atoms with Crippen molar-refractivity contribution in [2.75, 3.05) is 13.7 Å². The highest BCUT2D eigenvalue weighted by Crippen LogP contribution is 2.37. The second kappa shape index (κ2) is 10.6. The number of benzene rings is 3. The third-order valence-corrected chi connectivity index (χ3v) is 6.16. The molecule has 4 aromatic rings. The van der Waals surface area contributed by atoms with Gasteiger partial charge in [-0.3, -0.25) is 0 Å². The molecule has 8 heteroatoms. The van der Waals surface area contributed by atoms with Gasteiger partial charge in [0.2, 0.25) is 0 Å². The van der Waals surface area contributed by atoms with Crippen LogP contribution < -0.4 is 14.8 Å². The van der Waals surface area contributed by atoms with E-state index in [1.54, 1.807) is 19.2 Å². The molecule has 0 unspecified atom stereocenters. The lowest BCUT2D eigenvalue weighted by Gasteiger charge is -2.15. The first-order chi connectivity index (χ1) is 15.5. The maximum Gasteiger partial charge on any atom is 0.175 e. The van der Waals surface area contributed by atoms with Crippen LogP contribution in [0.4, 0.5) is 0 Å². The number of aromatic amines is 1. The summed E-state index contributed by atoms with van der Waals surface area (Å²) in [6.45, 7) is 1.80. The predicted octanol–water partition coefficient (Wildman–Crippen LogP) is 6.55. The molecule has 0 aliphatic rings. The molecule has 0 aliphatic carbocycles. The Morgan fingerprint density at radius 3 is 2.72 bits per heavy atom. The molecule has 0 amide bonds. The summed E-state index contributed by atoms with van der Waals surface area (Å²) >= 11 is 15.8. The van der Waals surface area contributed by atoms with Crippen LogP contribution in [0.1, 0.15) is 17.0 Å². The number of ether oxygens (including phenoxy) is 2. The summed E-state index contributed by atoms with van der Waals surface area (Å²) in [5, 5.41) is 4.62. The lowest BCUT2D eigenvalue weighted by Crippen LogP contribution is -2.17. The SMILES string of the molecule is COc1cc(CNCCc2nc3ccccc3[nH]2)cc(Br)c1OCc1ccc(Cl)cc1Cl. The largest absolute Gasteiger partial charge is 0.493 e. The highest BCUT2D eigenvalue weighted by Gasteiger charge is 2.13. The van der Waals surface area contributed by atoms with E-state index >= 15 is 0 Å². The van der Waals surface area contributed by atoms with Gasteiger partial charge in [0.25, 0.3) is 0 Å². The monoisotopic (exact) mass is 533 g/mol. The summed E-state index contributed by atoms with van der Waals surface area (Å²) in [4.78, 5) is 7.96. The zero-order valence-corrected chi connectivity index (χ0v) is 20.5. The van der Waals surface area contributed by atoms with Crippen LogP contribution in [-0.2, 0) is 19.6 Å². The maximum absolute atomic E-state index is 6.25. The predicted molar refractivity (Wildman–Crippen MR) is 133 cm³/mol. The molecule has 166 valence electrons. The number of imidazole rings is 1. The van der Waals surface area contributed by atoms with Crippen molar-refractivity contribution in [1.82, 2.24) is 15.3 Å². The molecule has 5 nitrogen and oxygen atoms in total. The molecule has 0 bridgehead atoms. The van der Waals surface area contributed by atoms with E-state index in [4.69, 9.17) is 32.7 Å². The molecular formula is C24H22BrCl2N3O2. The second-order valence-electron chi connectivity index (χ2n) is 7.26. The molecule has 2 N–H and O–H groups in total. The molecule has 0 aliphatic heterocycles. The number of rotatable bonds is 9. The Labute approximate surface area is 205 Å². The summed E-state index contributed by atoms with van der Waals surface area (Å²) in [7, 11) is 1.63. The van der Waals surface area contributed by atoms with Gasteiger partial charge in [0.15, 0.2) is 11.5 Å². The smallest absolute Gasteiger partial charge is 0.175 e. The van der Waals surface area contributed by atoms with E-state index in [9.17, 15) is 0 Å². The third kappa shape index (κ3) is 5.56. The topological polar surface area (TPSA) is 59.2 Å². The van der Waals surface area contributed by atoms with Crippen LogP contribution in [-0.4, -0.2) is 23.6 Å². The van der Waals surface area contributed by atoms with E-state index < -0.39 is 0 Å². The van der Waals surface area contributed by atoms with E-state index in [-0.39, 0.29) is 0 Å². The summed E-state index contributed by atoms with van der Waals surface area (Å²) in [6.07, 6.45) is 0.816. The fourth-order valence-electron chi connectivity index (χ4n) is 3.37. The first-order valence-electron chi connectivity index (χ1n) is 10.1. The fraction of sp³-hybridized carbons (Fsp3) is 0.208. The number of nitrogens with one attached hydrogen (secondary N) is 2. The van der Waals surface area contributed by atoms with Gasteiger partial charge in [0.05, 0.1) is 22.6 Å².